The first-order valence-electron chi connectivity index (χ1n) is 6.93. The van der Waals surface area contributed by atoms with Crippen LogP contribution >= 0.6 is 0 Å². The van der Waals surface area contributed by atoms with Gasteiger partial charge in [0.2, 0.25) is 0 Å². The molecule has 0 spiro atoms. The van der Waals surface area contributed by atoms with Gasteiger partial charge in [-0.3, -0.25) is 14.3 Å². The third-order valence-corrected chi connectivity index (χ3v) is 3.93. The molecule has 0 fully saturated rings. The summed E-state index contributed by atoms with van der Waals surface area (Å²) in [7, 11) is 1.87. The van der Waals surface area contributed by atoms with Crippen molar-refractivity contribution in [1.82, 2.24) is 9.78 Å². The number of ketones is 1. The average molecular weight is 283 g/mol. The molecule has 0 radical (unpaired) electrons. The third kappa shape index (κ3) is 2.14. The monoisotopic (exact) mass is 283 g/mol. The van der Waals surface area contributed by atoms with Crippen LogP contribution in [0.5, 0.6) is 0 Å². The standard InChI is InChI=1S/C16H17N3O2/c1-10-8-11(2)14-13(9-10)19(16(21)15(14)20)7-5-12-4-6-17-18(12)3/h4,6,8-9H,5,7H2,1-3H3. The van der Waals surface area contributed by atoms with Gasteiger partial charge in [-0.15, -0.1) is 0 Å². The molecule has 1 aliphatic heterocycles. The third-order valence-electron chi connectivity index (χ3n) is 3.93. The van der Waals surface area contributed by atoms with Crippen LogP contribution in [0.3, 0.4) is 0 Å². The number of aromatic nitrogens is 2. The highest BCUT2D eigenvalue weighted by atomic mass is 16.2. The normalized spacial score (nSPS) is 14.0. The van der Waals surface area contributed by atoms with E-state index in [0.717, 1.165) is 22.5 Å². The smallest absolute Gasteiger partial charge is 0.299 e. The first-order chi connectivity index (χ1) is 9.99. The largest absolute Gasteiger partial charge is 0.304 e. The molecule has 5 heteroatoms. The van der Waals surface area contributed by atoms with Crippen LogP contribution in [0.15, 0.2) is 24.4 Å². The van der Waals surface area contributed by atoms with Crippen LogP contribution in [0.25, 0.3) is 0 Å². The molecule has 1 aliphatic rings. The number of anilines is 1. The molecule has 2 heterocycles. The lowest BCUT2D eigenvalue weighted by Gasteiger charge is -2.17. The summed E-state index contributed by atoms with van der Waals surface area (Å²) in [6, 6.07) is 5.77. The van der Waals surface area contributed by atoms with Crippen molar-refractivity contribution in [2.24, 2.45) is 7.05 Å². The second-order valence-corrected chi connectivity index (χ2v) is 5.46. The minimum absolute atomic E-state index is 0.396. The second kappa shape index (κ2) is 4.84. The molecule has 0 atom stereocenters. The molecule has 21 heavy (non-hydrogen) atoms. The zero-order valence-electron chi connectivity index (χ0n) is 12.4. The van der Waals surface area contributed by atoms with Crippen LogP contribution in [0.2, 0.25) is 0 Å². The lowest BCUT2D eigenvalue weighted by Crippen LogP contribution is -2.32. The van der Waals surface area contributed by atoms with Crippen molar-refractivity contribution >= 4 is 17.4 Å². The van der Waals surface area contributed by atoms with Crippen LogP contribution in [0, 0.1) is 13.8 Å². The molecule has 0 saturated heterocycles. The lowest BCUT2D eigenvalue weighted by atomic mass is 10.0. The summed E-state index contributed by atoms with van der Waals surface area (Å²) in [5.41, 5.74) is 4.25. The molecule has 0 saturated carbocycles. The number of nitrogens with zero attached hydrogens (tertiary/aromatic N) is 3. The van der Waals surface area contributed by atoms with Gasteiger partial charge in [-0.1, -0.05) is 6.07 Å². The van der Waals surface area contributed by atoms with E-state index in [2.05, 4.69) is 5.10 Å². The van der Waals surface area contributed by atoms with Crippen molar-refractivity contribution in [2.75, 3.05) is 11.4 Å². The van der Waals surface area contributed by atoms with Crippen LogP contribution in [-0.2, 0) is 18.3 Å². The van der Waals surface area contributed by atoms with Gasteiger partial charge in [0.1, 0.15) is 0 Å². The van der Waals surface area contributed by atoms with Gasteiger partial charge in [-0.2, -0.15) is 5.10 Å². The van der Waals surface area contributed by atoms with Gasteiger partial charge in [0, 0.05) is 31.9 Å². The number of fused-ring (bicyclic) bond motifs is 1. The van der Waals surface area contributed by atoms with Gasteiger partial charge >= 0.3 is 0 Å². The van der Waals surface area contributed by atoms with E-state index in [4.69, 9.17) is 0 Å². The summed E-state index contributed by atoms with van der Waals surface area (Å²) in [4.78, 5) is 26.0. The Morgan fingerprint density at radius 2 is 1.95 bits per heavy atom. The van der Waals surface area contributed by atoms with Gasteiger partial charge in [0.25, 0.3) is 11.7 Å². The van der Waals surface area contributed by atoms with Gasteiger partial charge in [-0.25, -0.2) is 0 Å². The lowest BCUT2D eigenvalue weighted by molar-refractivity contribution is -0.114. The minimum atomic E-state index is -0.430. The first-order valence-corrected chi connectivity index (χ1v) is 6.93. The average Bonchev–Trinajstić information content (AvgIpc) is 2.92. The molecule has 0 N–H and O–H groups in total. The number of Topliss-reactive ketones (excluding diaryl/α,β-unsaturated/α-hetero) is 1. The molecule has 5 nitrogen and oxygen atoms in total. The molecule has 1 aromatic heterocycles. The number of hydrogen-bond donors (Lipinski definition) is 0. The van der Waals surface area contributed by atoms with E-state index in [1.54, 1.807) is 15.8 Å². The molecule has 0 bridgehead atoms. The molecular weight excluding hydrogens is 266 g/mol. The Balaban J connectivity index is 1.92. The molecule has 3 rings (SSSR count). The van der Waals surface area contributed by atoms with E-state index in [-0.39, 0.29) is 0 Å². The van der Waals surface area contributed by atoms with E-state index < -0.39 is 11.7 Å². The summed E-state index contributed by atoms with van der Waals surface area (Å²) in [6.07, 6.45) is 2.40. The predicted molar refractivity (Wildman–Crippen MR) is 79.5 cm³/mol. The van der Waals surface area contributed by atoms with Gasteiger partial charge in [-0.05, 0) is 37.1 Å². The summed E-state index contributed by atoms with van der Waals surface area (Å²) in [5, 5.41) is 4.11. The van der Waals surface area contributed by atoms with Gasteiger partial charge < -0.3 is 4.90 Å². The first kappa shape index (κ1) is 13.5. The quantitative estimate of drug-likeness (QED) is 0.807. The van der Waals surface area contributed by atoms with E-state index >= 15 is 0 Å². The van der Waals surface area contributed by atoms with Crippen LogP contribution < -0.4 is 4.90 Å². The Kier molecular flexibility index (Phi) is 3.12. The van der Waals surface area contributed by atoms with E-state index in [9.17, 15) is 9.59 Å². The van der Waals surface area contributed by atoms with Crippen molar-refractivity contribution in [3.05, 3.63) is 46.8 Å². The fourth-order valence-electron chi connectivity index (χ4n) is 2.89. The van der Waals surface area contributed by atoms with E-state index in [1.807, 2.05) is 39.1 Å². The zero-order chi connectivity index (χ0) is 15.1. The predicted octanol–water partition coefficient (Wildman–Crippen LogP) is 1.81. The number of carbonyl (C=O) groups excluding carboxylic acids is 2. The molecule has 0 aliphatic carbocycles. The summed E-state index contributed by atoms with van der Waals surface area (Å²) < 4.78 is 1.78. The fraction of sp³-hybridized carbons (Fsp3) is 0.312. The molecule has 1 amide bonds. The Bertz CT molecular complexity index is 746. The fourth-order valence-corrected chi connectivity index (χ4v) is 2.89. The second-order valence-electron chi connectivity index (χ2n) is 5.46. The van der Waals surface area contributed by atoms with Gasteiger partial charge in [0.05, 0.1) is 11.3 Å². The van der Waals surface area contributed by atoms with E-state index in [0.29, 0.717) is 18.5 Å². The highest BCUT2D eigenvalue weighted by Crippen LogP contribution is 2.32. The minimum Gasteiger partial charge on any atom is -0.304 e. The van der Waals surface area contributed by atoms with E-state index in [1.165, 1.54) is 0 Å². The highest BCUT2D eigenvalue weighted by Gasteiger charge is 2.36. The maximum Gasteiger partial charge on any atom is 0.299 e. The van der Waals surface area contributed by atoms with Crippen molar-refractivity contribution in [2.45, 2.75) is 20.3 Å². The molecule has 108 valence electrons. The Morgan fingerprint density at radius 3 is 2.62 bits per heavy atom. The Morgan fingerprint density at radius 1 is 1.19 bits per heavy atom. The number of benzene rings is 1. The van der Waals surface area contributed by atoms with Crippen LogP contribution in [0.4, 0.5) is 5.69 Å². The molecular formula is C16H17N3O2. The number of amides is 1. The van der Waals surface area contributed by atoms with Crippen molar-refractivity contribution in [1.29, 1.82) is 0 Å². The van der Waals surface area contributed by atoms with Crippen molar-refractivity contribution in [3.63, 3.8) is 0 Å². The van der Waals surface area contributed by atoms with Crippen molar-refractivity contribution < 1.29 is 9.59 Å². The van der Waals surface area contributed by atoms with Crippen LogP contribution in [-0.4, -0.2) is 28.0 Å². The van der Waals surface area contributed by atoms with Crippen molar-refractivity contribution in [3.8, 4) is 0 Å². The Hall–Kier alpha value is -2.43. The number of rotatable bonds is 3. The molecule has 2 aromatic rings. The summed E-state index contributed by atoms with van der Waals surface area (Å²) in [6.45, 7) is 4.33. The number of aryl methyl sites for hydroxylation is 3. The Labute approximate surface area is 123 Å². The highest BCUT2D eigenvalue weighted by molar-refractivity contribution is 6.52. The summed E-state index contributed by atoms with van der Waals surface area (Å²) in [5.74, 6) is -0.826. The number of hydrogen-bond acceptors (Lipinski definition) is 3. The summed E-state index contributed by atoms with van der Waals surface area (Å²) >= 11 is 0. The molecule has 0 unspecified atom stereocenters. The number of carbonyl (C=O) groups is 2. The zero-order valence-corrected chi connectivity index (χ0v) is 12.4. The maximum absolute atomic E-state index is 12.2. The topological polar surface area (TPSA) is 55.2 Å². The maximum atomic E-state index is 12.2. The van der Waals surface area contributed by atoms with Gasteiger partial charge in [0.15, 0.2) is 0 Å². The van der Waals surface area contributed by atoms with Crippen LogP contribution in [0.1, 0.15) is 27.2 Å². The SMILES string of the molecule is Cc1cc(C)c2c(c1)N(CCc1ccnn1C)C(=O)C2=O. The molecule has 1 aromatic carbocycles.